The number of aromatic carboxylic acids is 1. The molecule has 7 heteroatoms. The van der Waals surface area contributed by atoms with Crippen LogP contribution in [0.25, 0.3) is 0 Å². The zero-order valence-corrected chi connectivity index (χ0v) is 11.5. The van der Waals surface area contributed by atoms with Crippen LogP contribution in [0.2, 0.25) is 0 Å². The number of carboxylic acids is 1. The minimum absolute atomic E-state index is 0.0734. The number of hydrogen-bond donors (Lipinski definition) is 1. The molecule has 21 heavy (non-hydrogen) atoms. The number of benzene rings is 1. The fraction of sp³-hybridized carbons (Fsp3) is 0.429. The maximum absolute atomic E-state index is 12.9. The molecule has 0 bridgehead atoms. The molecule has 0 amide bonds. The summed E-state index contributed by atoms with van der Waals surface area (Å²) in [5.41, 5.74) is -2.32. The molecule has 1 aromatic rings. The van der Waals surface area contributed by atoms with Crippen molar-refractivity contribution in [2.45, 2.75) is 26.4 Å². The van der Waals surface area contributed by atoms with Crippen LogP contribution in [0.3, 0.4) is 0 Å². The fourth-order valence-corrected chi connectivity index (χ4v) is 1.48. The SMILES string of the molecule is CC(C)(C#N)CCOc1ccc(C(=O)O)cc1C(F)(F)F. The van der Waals surface area contributed by atoms with Crippen molar-refractivity contribution in [3.05, 3.63) is 29.3 Å². The molecule has 0 saturated heterocycles. The van der Waals surface area contributed by atoms with Crippen molar-refractivity contribution in [2.75, 3.05) is 6.61 Å². The second-order valence-electron chi connectivity index (χ2n) is 5.11. The third-order valence-electron chi connectivity index (χ3n) is 2.82. The molecule has 0 aliphatic carbocycles. The van der Waals surface area contributed by atoms with E-state index in [0.29, 0.717) is 6.07 Å². The van der Waals surface area contributed by atoms with E-state index >= 15 is 0 Å². The van der Waals surface area contributed by atoms with E-state index in [0.717, 1.165) is 12.1 Å². The molecular formula is C14H14F3NO3. The quantitative estimate of drug-likeness (QED) is 0.899. The van der Waals surface area contributed by atoms with E-state index in [1.165, 1.54) is 0 Å². The van der Waals surface area contributed by atoms with Gasteiger partial charge in [0.1, 0.15) is 5.75 Å². The molecule has 0 atom stereocenters. The Bertz CT molecular complexity index is 574. The Morgan fingerprint density at radius 2 is 2.00 bits per heavy atom. The molecule has 0 radical (unpaired) electrons. The van der Waals surface area contributed by atoms with E-state index < -0.39 is 34.4 Å². The Morgan fingerprint density at radius 3 is 2.48 bits per heavy atom. The van der Waals surface area contributed by atoms with Crippen molar-refractivity contribution in [3.8, 4) is 11.8 Å². The highest BCUT2D eigenvalue weighted by molar-refractivity contribution is 5.88. The van der Waals surface area contributed by atoms with Crippen LogP contribution in [-0.2, 0) is 6.18 Å². The van der Waals surface area contributed by atoms with Crippen LogP contribution in [0.4, 0.5) is 13.2 Å². The summed E-state index contributed by atoms with van der Waals surface area (Å²) in [4.78, 5) is 10.7. The summed E-state index contributed by atoms with van der Waals surface area (Å²) in [6.45, 7) is 3.22. The Hall–Kier alpha value is -2.23. The smallest absolute Gasteiger partial charge is 0.419 e. The Labute approximate surface area is 119 Å². The van der Waals surface area contributed by atoms with Crippen LogP contribution in [0.1, 0.15) is 36.2 Å². The van der Waals surface area contributed by atoms with Crippen LogP contribution in [-0.4, -0.2) is 17.7 Å². The van der Waals surface area contributed by atoms with Gasteiger partial charge >= 0.3 is 12.1 Å². The van der Waals surface area contributed by atoms with Gasteiger partial charge in [-0.25, -0.2) is 4.79 Å². The number of ether oxygens (including phenoxy) is 1. The predicted octanol–water partition coefficient (Wildman–Crippen LogP) is 3.72. The van der Waals surface area contributed by atoms with Gasteiger partial charge in [0.05, 0.1) is 29.2 Å². The van der Waals surface area contributed by atoms with Crippen LogP contribution >= 0.6 is 0 Å². The molecule has 0 fully saturated rings. The molecule has 0 unspecified atom stereocenters. The first-order valence-electron chi connectivity index (χ1n) is 6.05. The standard InChI is InChI=1S/C14H14F3NO3/c1-13(2,8-18)5-6-21-11-4-3-9(12(19)20)7-10(11)14(15,16)17/h3-4,7H,5-6H2,1-2H3,(H,19,20). The van der Waals surface area contributed by atoms with E-state index in [1.807, 2.05) is 6.07 Å². The summed E-state index contributed by atoms with van der Waals surface area (Å²) >= 11 is 0. The number of nitrogens with zero attached hydrogens (tertiary/aromatic N) is 1. The summed E-state index contributed by atoms with van der Waals surface area (Å²) in [6.07, 6.45) is -4.47. The average Bonchev–Trinajstić information content (AvgIpc) is 2.37. The fourth-order valence-electron chi connectivity index (χ4n) is 1.48. The normalized spacial score (nSPS) is 11.8. The van der Waals surface area contributed by atoms with Crippen molar-refractivity contribution in [3.63, 3.8) is 0 Å². The maximum atomic E-state index is 12.9. The molecule has 0 heterocycles. The molecule has 0 aromatic heterocycles. The van der Waals surface area contributed by atoms with Crippen LogP contribution in [0.15, 0.2) is 18.2 Å². The second kappa shape index (κ2) is 6.04. The highest BCUT2D eigenvalue weighted by Crippen LogP contribution is 2.37. The number of halogens is 3. The number of hydrogen-bond acceptors (Lipinski definition) is 3. The summed E-state index contributed by atoms with van der Waals surface area (Å²) in [5, 5.41) is 17.6. The lowest BCUT2D eigenvalue weighted by molar-refractivity contribution is -0.139. The lowest BCUT2D eigenvalue weighted by atomic mass is 9.92. The van der Waals surface area contributed by atoms with Gasteiger partial charge in [0.2, 0.25) is 0 Å². The first-order chi connectivity index (χ1) is 9.57. The van der Waals surface area contributed by atoms with Crippen molar-refractivity contribution < 1.29 is 27.8 Å². The summed E-state index contributed by atoms with van der Waals surface area (Å²) < 4.78 is 43.8. The number of nitriles is 1. The molecular weight excluding hydrogens is 287 g/mol. The molecule has 0 aliphatic rings. The molecule has 114 valence electrons. The van der Waals surface area contributed by atoms with Gasteiger partial charge in [-0.05, 0) is 38.5 Å². The highest BCUT2D eigenvalue weighted by atomic mass is 19.4. The Kier molecular flexibility index (Phi) is 4.84. The number of carboxylic acid groups (broad SMARTS) is 1. The molecule has 0 spiro atoms. The highest BCUT2D eigenvalue weighted by Gasteiger charge is 2.35. The van der Waals surface area contributed by atoms with E-state index in [9.17, 15) is 18.0 Å². The van der Waals surface area contributed by atoms with Crippen molar-refractivity contribution in [1.29, 1.82) is 5.26 Å². The van der Waals surface area contributed by atoms with Gasteiger partial charge in [0.25, 0.3) is 0 Å². The minimum Gasteiger partial charge on any atom is -0.493 e. The summed E-state index contributed by atoms with van der Waals surface area (Å²) in [6, 6.07) is 4.57. The lowest BCUT2D eigenvalue weighted by Crippen LogP contribution is -2.15. The minimum atomic E-state index is -4.72. The maximum Gasteiger partial charge on any atom is 0.419 e. The third kappa shape index (κ3) is 4.67. The third-order valence-corrected chi connectivity index (χ3v) is 2.82. The van der Waals surface area contributed by atoms with Crippen molar-refractivity contribution >= 4 is 5.97 Å². The van der Waals surface area contributed by atoms with E-state index in [2.05, 4.69) is 0 Å². The van der Waals surface area contributed by atoms with Crippen molar-refractivity contribution in [1.82, 2.24) is 0 Å². The summed E-state index contributed by atoms with van der Waals surface area (Å²) in [7, 11) is 0. The van der Waals surface area contributed by atoms with E-state index in [-0.39, 0.29) is 13.0 Å². The van der Waals surface area contributed by atoms with Gasteiger partial charge in [-0.2, -0.15) is 18.4 Å². The van der Waals surface area contributed by atoms with Gasteiger partial charge in [-0.15, -0.1) is 0 Å². The van der Waals surface area contributed by atoms with E-state index in [4.69, 9.17) is 15.1 Å². The van der Waals surface area contributed by atoms with Crippen molar-refractivity contribution in [2.24, 2.45) is 5.41 Å². The topological polar surface area (TPSA) is 70.3 Å². The zero-order valence-electron chi connectivity index (χ0n) is 11.5. The average molecular weight is 301 g/mol. The predicted molar refractivity (Wildman–Crippen MR) is 67.9 cm³/mol. The van der Waals surface area contributed by atoms with Crippen LogP contribution in [0.5, 0.6) is 5.75 Å². The second-order valence-corrected chi connectivity index (χ2v) is 5.11. The van der Waals surface area contributed by atoms with Gasteiger partial charge in [-0.1, -0.05) is 0 Å². The largest absolute Gasteiger partial charge is 0.493 e. The molecule has 1 N–H and O–H groups in total. The van der Waals surface area contributed by atoms with Crippen LogP contribution < -0.4 is 4.74 Å². The first-order valence-corrected chi connectivity index (χ1v) is 6.05. The summed E-state index contributed by atoms with van der Waals surface area (Å²) in [5.74, 6) is -1.89. The number of alkyl halides is 3. The lowest BCUT2D eigenvalue weighted by Gasteiger charge is -2.18. The molecule has 4 nitrogen and oxygen atoms in total. The van der Waals surface area contributed by atoms with Gasteiger partial charge in [0, 0.05) is 0 Å². The monoisotopic (exact) mass is 301 g/mol. The molecule has 1 aromatic carbocycles. The Balaban J connectivity index is 2.97. The Morgan fingerprint density at radius 1 is 1.38 bits per heavy atom. The molecule has 0 aliphatic heterocycles. The number of carbonyl (C=O) groups is 1. The zero-order chi connectivity index (χ0) is 16.3. The molecule has 1 rings (SSSR count). The van der Waals surface area contributed by atoms with Gasteiger partial charge in [0.15, 0.2) is 0 Å². The van der Waals surface area contributed by atoms with Gasteiger partial charge in [-0.3, -0.25) is 0 Å². The first kappa shape index (κ1) is 16.8. The van der Waals surface area contributed by atoms with Gasteiger partial charge < -0.3 is 9.84 Å². The van der Waals surface area contributed by atoms with Crippen LogP contribution in [0, 0.1) is 16.7 Å². The number of rotatable bonds is 5. The van der Waals surface area contributed by atoms with E-state index in [1.54, 1.807) is 13.8 Å². The molecule has 0 saturated carbocycles.